The lowest BCUT2D eigenvalue weighted by Gasteiger charge is -2.05. The minimum Gasteiger partial charge on any atom is -0.166 e. The SMILES string of the molecule is [N-]=[N+]=Nc1ccc(C(F)(F)F)cc1. The van der Waals surface area contributed by atoms with Gasteiger partial charge in [0, 0.05) is 10.6 Å². The van der Waals surface area contributed by atoms with Gasteiger partial charge in [0.1, 0.15) is 0 Å². The van der Waals surface area contributed by atoms with Gasteiger partial charge in [-0.1, -0.05) is 17.2 Å². The third-order valence-corrected chi connectivity index (χ3v) is 1.35. The van der Waals surface area contributed by atoms with Crippen LogP contribution in [0.3, 0.4) is 0 Å². The Hall–Kier alpha value is -1.68. The Morgan fingerprint density at radius 3 is 2.08 bits per heavy atom. The molecule has 0 aliphatic heterocycles. The summed E-state index contributed by atoms with van der Waals surface area (Å²) in [5, 5.41) is 3.14. The lowest BCUT2D eigenvalue weighted by molar-refractivity contribution is -0.137. The average molecular weight is 187 g/mol. The summed E-state index contributed by atoms with van der Waals surface area (Å²) in [6.07, 6.45) is -4.35. The molecule has 3 nitrogen and oxygen atoms in total. The fourth-order valence-corrected chi connectivity index (χ4v) is 0.769. The Morgan fingerprint density at radius 2 is 1.69 bits per heavy atom. The summed E-state index contributed by atoms with van der Waals surface area (Å²) < 4.78 is 36.0. The van der Waals surface area contributed by atoms with E-state index in [1.54, 1.807) is 0 Å². The fourth-order valence-electron chi connectivity index (χ4n) is 0.769. The van der Waals surface area contributed by atoms with Crippen molar-refractivity contribution in [2.24, 2.45) is 5.11 Å². The quantitative estimate of drug-likeness (QED) is 0.366. The van der Waals surface area contributed by atoms with Crippen LogP contribution >= 0.6 is 0 Å². The van der Waals surface area contributed by atoms with Gasteiger partial charge in [0.25, 0.3) is 0 Å². The van der Waals surface area contributed by atoms with Gasteiger partial charge < -0.3 is 0 Å². The number of azide groups is 1. The lowest BCUT2D eigenvalue weighted by Crippen LogP contribution is -2.03. The van der Waals surface area contributed by atoms with E-state index in [9.17, 15) is 13.2 Å². The number of alkyl halides is 3. The van der Waals surface area contributed by atoms with Gasteiger partial charge in [0.05, 0.1) is 5.56 Å². The number of hydrogen-bond acceptors (Lipinski definition) is 1. The van der Waals surface area contributed by atoms with Gasteiger partial charge in [0.15, 0.2) is 0 Å². The molecule has 0 saturated heterocycles. The molecular formula is C7H4F3N3. The fraction of sp³-hybridized carbons (Fsp3) is 0.143. The monoisotopic (exact) mass is 187 g/mol. The predicted octanol–water partition coefficient (Wildman–Crippen LogP) is 3.65. The van der Waals surface area contributed by atoms with Gasteiger partial charge in [-0.2, -0.15) is 13.2 Å². The van der Waals surface area contributed by atoms with E-state index in [0.29, 0.717) is 0 Å². The van der Waals surface area contributed by atoms with Crippen molar-refractivity contribution in [2.45, 2.75) is 6.18 Å². The zero-order valence-electron chi connectivity index (χ0n) is 6.28. The third-order valence-electron chi connectivity index (χ3n) is 1.35. The molecule has 0 amide bonds. The highest BCUT2D eigenvalue weighted by molar-refractivity contribution is 5.39. The molecule has 0 aliphatic rings. The molecule has 0 fully saturated rings. The molecule has 0 bridgehead atoms. The van der Waals surface area contributed by atoms with Crippen molar-refractivity contribution >= 4 is 5.69 Å². The largest absolute Gasteiger partial charge is 0.416 e. The van der Waals surface area contributed by atoms with Crippen molar-refractivity contribution < 1.29 is 13.2 Å². The molecule has 0 saturated carbocycles. The Morgan fingerprint density at radius 1 is 1.15 bits per heavy atom. The Kier molecular flexibility index (Phi) is 2.44. The second kappa shape index (κ2) is 3.37. The van der Waals surface area contributed by atoms with Gasteiger partial charge >= 0.3 is 6.18 Å². The number of benzene rings is 1. The van der Waals surface area contributed by atoms with Gasteiger partial charge in [-0.05, 0) is 17.7 Å². The number of halogens is 3. The standard InChI is InChI=1S/C7H4F3N3/c8-7(9,10)5-1-3-6(4-2-5)12-13-11/h1-4H. The van der Waals surface area contributed by atoms with Crippen LogP contribution in [0.25, 0.3) is 10.4 Å². The first-order valence-electron chi connectivity index (χ1n) is 3.26. The average Bonchev–Trinajstić information content (AvgIpc) is 2.04. The molecule has 13 heavy (non-hydrogen) atoms. The summed E-state index contributed by atoms with van der Waals surface area (Å²) >= 11 is 0. The maximum absolute atomic E-state index is 12.0. The van der Waals surface area contributed by atoms with Crippen LogP contribution in [-0.2, 0) is 6.18 Å². The Labute approximate surface area is 71.4 Å². The second-order valence-corrected chi connectivity index (χ2v) is 2.23. The summed E-state index contributed by atoms with van der Waals surface area (Å²) in [4.78, 5) is 2.44. The van der Waals surface area contributed by atoms with E-state index in [-0.39, 0.29) is 5.69 Å². The number of rotatable bonds is 1. The molecule has 0 heterocycles. The first-order valence-corrected chi connectivity index (χ1v) is 3.26. The molecule has 68 valence electrons. The second-order valence-electron chi connectivity index (χ2n) is 2.23. The van der Waals surface area contributed by atoms with E-state index >= 15 is 0 Å². The van der Waals surface area contributed by atoms with Crippen LogP contribution in [0.4, 0.5) is 18.9 Å². The maximum atomic E-state index is 12.0. The minimum atomic E-state index is -4.35. The summed E-state index contributed by atoms with van der Waals surface area (Å²) in [7, 11) is 0. The van der Waals surface area contributed by atoms with Gasteiger partial charge in [-0.3, -0.25) is 0 Å². The van der Waals surface area contributed by atoms with Crippen LogP contribution in [-0.4, -0.2) is 0 Å². The number of nitrogens with zero attached hydrogens (tertiary/aromatic N) is 3. The summed E-state index contributed by atoms with van der Waals surface area (Å²) in [6, 6.07) is 3.96. The summed E-state index contributed by atoms with van der Waals surface area (Å²) in [6.45, 7) is 0. The van der Waals surface area contributed by atoms with E-state index in [1.807, 2.05) is 0 Å². The highest BCUT2D eigenvalue weighted by atomic mass is 19.4. The molecular weight excluding hydrogens is 183 g/mol. The van der Waals surface area contributed by atoms with Gasteiger partial charge in [-0.25, -0.2) is 0 Å². The predicted molar refractivity (Wildman–Crippen MR) is 40.3 cm³/mol. The highest BCUT2D eigenvalue weighted by Gasteiger charge is 2.29. The molecule has 1 rings (SSSR count). The van der Waals surface area contributed by atoms with Gasteiger partial charge in [0.2, 0.25) is 0 Å². The molecule has 0 aliphatic carbocycles. The van der Waals surface area contributed by atoms with Crippen LogP contribution in [0.5, 0.6) is 0 Å². The van der Waals surface area contributed by atoms with Crippen molar-refractivity contribution in [3.63, 3.8) is 0 Å². The van der Waals surface area contributed by atoms with Crippen LogP contribution in [0.15, 0.2) is 29.4 Å². The van der Waals surface area contributed by atoms with Crippen LogP contribution < -0.4 is 0 Å². The van der Waals surface area contributed by atoms with Gasteiger partial charge in [-0.15, -0.1) is 0 Å². The first kappa shape index (κ1) is 9.41. The molecule has 0 atom stereocenters. The summed E-state index contributed by atoms with van der Waals surface area (Å²) in [5.74, 6) is 0. The normalized spacial score (nSPS) is 10.7. The molecule has 0 N–H and O–H groups in total. The number of hydrogen-bond donors (Lipinski definition) is 0. The molecule has 1 aromatic rings. The maximum Gasteiger partial charge on any atom is 0.416 e. The third kappa shape index (κ3) is 2.38. The zero-order valence-corrected chi connectivity index (χ0v) is 6.28. The highest BCUT2D eigenvalue weighted by Crippen LogP contribution is 2.30. The van der Waals surface area contributed by atoms with E-state index in [2.05, 4.69) is 10.0 Å². The van der Waals surface area contributed by atoms with Crippen molar-refractivity contribution in [2.75, 3.05) is 0 Å². The van der Waals surface area contributed by atoms with Crippen molar-refractivity contribution in [1.82, 2.24) is 0 Å². The van der Waals surface area contributed by atoms with Crippen LogP contribution in [0.2, 0.25) is 0 Å². The van der Waals surface area contributed by atoms with Crippen LogP contribution in [0.1, 0.15) is 5.56 Å². The minimum absolute atomic E-state index is 0.163. The molecule has 0 radical (unpaired) electrons. The van der Waals surface area contributed by atoms with Crippen LogP contribution in [0, 0.1) is 0 Å². The molecule has 1 aromatic carbocycles. The first-order chi connectivity index (χ1) is 6.04. The Bertz CT molecular complexity index is 335. The van der Waals surface area contributed by atoms with Crippen molar-refractivity contribution in [3.05, 3.63) is 40.3 Å². The van der Waals surface area contributed by atoms with E-state index < -0.39 is 11.7 Å². The lowest BCUT2D eigenvalue weighted by atomic mass is 10.2. The van der Waals surface area contributed by atoms with Crippen molar-refractivity contribution in [3.8, 4) is 0 Å². The zero-order chi connectivity index (χ0) is 9.90. The smallest absolute Gasteiger partial charge is 0.166 e. The molecule has 6 heteroatoms. The molecule has 0 unspecified atom stereocenters. The Balaban J connectivity index is 3.00. The summed E-state index contributed by atoms with van der Waals surface area (Å²) in [5.41, 5.74) is 7.39. The van der Waals surface area contributed by atoms with E-state index in [0.717, 1.165) is 24.3 Å². The molecule has 0 spiro atoms. The molecule has 0 aromatic heterocycles. The topological polar surface area (TPSA) is 48.8 Å². The van der Waals surface area contributed by atoms with E-state index in [4.69, 9.17) is 5.53 Å². The van der Waals surface area contributed by atoms with E-state index in [1.165, 1.54) is 0 Å². The van der Waals surface area contributed by atoms with Crippen molar-refractivity contribution in [1.29, 1.82) is 0 Å².